The quantitative estimate of drug-likeness (QED) is 0.815. The topological polar surface area (TPSA) is 84.9 Å². The summed E-state index contributed by atoms with van der Waals surface area (Å²) in [5.41, 5.74) is -1.15. The number of rotatable bonds is 6. The summed E-state index contributed by atoms with van der Waals surface area (Å²) in [6, 6.07) is 8.07. The van der Waals surface area contributed by atoms with Gasteiger partial charge in [-0.25, -0.2) is 4.79 Å². The van der Waals surface area contributed by atoms with Crippen LogP contribution in [-0.4, -0.2) is 30.7 Å². The molecule has 0 unspecified atom stereocenters. The summed E-state index contributed by atoms with van der Waals surface area (Å²) in [6.45, 7) is -0.594. The first-order valence-corrected chi connectivity index (χ1v) is 7.22. The van der Waals surface area contributed by atoms with Crippen molar-refractivity contribution in [2.24, 2.45) is 0 Å². The highest BCUT2D eigenvalue weighted by Crippen LogP contribution is 2.30. The van der Waals surface area contributed by atoms with Crippen LogP contribution in [0.25, 0.3) is 0 Å². The molecule has 0 bridgehead atoms. The van der Waals surface area contributed by atoms with E-state index in [0.717, 1.165) is 18.2 Å². The van der Waals surface area contributed by atoms with Crippen molar-refractivity contribution >= 4 is 17.6 Å². The van der Waals surface area contributed by atoms with Crippen molar-refractivity contribution in [3.05, 3.63) is 53.6 Å². The molecular formula is C17H14F3NO5. The average molecular weight is 369 g/mol. The van der Waals surface area contributed by atoms with Crippen LogP contribution in [0.2, 0.25) is 0 Å². The number of carboxylic acids is 1. The first-order valence-electron chi connectivity index (χ1n) is 7.22. The number of hydrogen-bond acceptors (Lipinski definition) is 4. The Labute approximate surface area is 146 Å². The van der Waals surface area contributed by atoms with Gasteiger partial charge in [-0.05, 0) is 30.3 Å². The number of carbonyl (C=O) groups excluding carboxylic acids is 1. The zero-order chi connectivity index (χ0) is 19.3. The number of alkyl halides is 3. The molecule has 2 aromatic rings. The van der Waals surface area contributed by atoms with E-state index in [1.54, 1.807) is 0 Å². The van der Waals surface area contributed by atoms with E-state index in [2.05, 4.69) is 5.32 Å². The van der Waals surface area contributed by atoms with Crippen molar-refractivity contribution in [2.75, 3.05) is 19.0 Å². The van der Waals surface area contributed by atoms with E-state index in [4.69, 9.17) is 14.6 Å². The predicted molar refractivity (Wildman–Crippen MR) is 85.5 cm³/mol. The molecule has 0 aliphatic carbocycles. The highest BCUT2D eigenvalue weighted by atomic mass is 19.4. The maximum atomic E-state index is 12.7. The first kappa shape index (κ1) is 19.1. The van der Waals surface area contributed by atoms with Gasteiger partial charge in [0.2, 0.25) is 0 Å². The monoisotopic (exact) mass is 369 g/mol. The smallest absolute Gasteiger partial charge is 0.416 e. The molecule has 0 spiro atoms. The van der Waals surface area contributed by atoms with Gasteiger partial charge in [0.05, 0.1) is 12.7 Å². The molecule has 6 nitrogen and oxygen atoms in total. The van der Waals surface area contributed by atoms with Crippen LogP contribution in [0.15, 0.2) is 42.5 Å². The van der Waals surface area contributed by atoms with Crippen molar-refractivity contribution < 1.29 is 37.3 Å². The number of carboxylic acid groups (broad SMARTS) is 1. The van der Waals surface area contributed by atoms with Gasteiger partial charge in [0, 0.05) is 11.8 Å². The second kappa shape index (κ2) is 7.77. The van der Waals surface area contributed by atoms with Gasteiger partial charge < -0.3 is 19.9 Å². The Bertz CT molecular complexity index is 820. The van der Waals surface area contributed by atoms with Crippen molar-refractivity contribution in [2.45, 2.75) is 6.18 Å². The number of benzene rings is 2. The lowest BCUT2D eigenvalue weighted by Gasteiger charge is -2.12. The molecule has 0 aliphatic heterocycles. The van der Waals surface area contributed by atoms with Crippen LogP contribution in [0, 0.1) is 0 Å². The van der Waals surface area contributed by atoms with E-state index in [9.17, 15) is 22.8 Å². The molecular weight excluding hydrogens is 355 g/mol. The number of methoxy groups -OCH3 is 1. The highest BCUT2D eigenvalue weighted by molar-refractivity contribution is 5.93. The van der Waals surface area contributed by atoms with Crippen LogP contribution in [0.3, 0.4) is 0 Å². The number of anilines is 1. The van der Waals surface area contributed by atoms with Crippen molar-refractivity contribution in [3.8, 4) is 11.5 Å². The molecule has 2 rings (SSSR count). The summed E-state index contributed by atoms with van der Waals surface area (Å²) in [5.74, 6) is -1.79. The van der Waals surface area contributed by atoms with E-state index in [1.165, 1.54) is 31.4 Å². The number of halogens is 3. The molecule has 0 atom stereocenters. The minimum Gasteiger partial charge on any atom is -0.497 e. The number of carbonyl (C=O) groups is 2. The maximum absolute atomic E-state index is 12.7. The van der Waals surface area contributed by atoms with Gasteiger partial charge in [-0.15, -0.1) is 0 Å². The second-order valence-corrected chi connectivity index (χ2v) is 5.08. The summed E-state index contributed by atoms with van der Waals surface area (Å²) < 4.78 is 48.1. The average Bonchev–Trinajstić information content (AvgIpc) is 2.59. The van der Waals surface area contributed by atoms with Crippen molar-refractivity contribution in [1.29, 1.82) is 0 Å². The number of amides is 1. The Morgan fingerprint density at radius 1 is 1.15 bits per heavy atom. The van der Waals surface area contributed by atoms with Crippen LogP contribution < -0.4 is 14.8 Å². The van der Waals surface area contributed by atoms with Crippen LogP contribution in [0.5, 0.6) is 11.5 Å². The number of aromatic carboxylic acids is 1. The Morgan fingerprint density at radius 3 is 2.50 bits per heavy atom. The molecule has 26 heavy (non-hydrogen) atoms. The normalized spacial score (nSPS) is 10.9. The molecule has 0 fully saturated rings. The minimum absolute atomic E-state index is 0.0578. The van der Waals surface area contributed by atoms with E-state index in [0.29, 0.717) is 5.75 Å². The summed E-state index contributed by atoms with van der Waals surface area (Å²) in [7, 11) is 1.37. The summed E-state index contributed by atoms with van der Waals surface area (Å²) in [4.78, 5) is 23.0. The third-order valence-corrected chi connectivity index (χ3v) is 3.25. The summed E-state index contributed by atoms with van der Waals surface area (Å²) in [5, 5.41) is 11.4. The number of ether oxygens (including phenoxy) is 2. The Balaban J connectivity index is 2.07. The maximum Gasteiger partial charge on any atom is 0.416 e. The zero-order valence-electron chi connectivity index (χ0n) is 13.5. The van der Waals surface area contributed by atoms with Gasteiger partial charge in [-0.3, -0.25) is 4.79 Å². The van der Waals surface area contributed by atoms with E-state index in [1.807, 2.05) is 0 Å². The third kappa shape index (κ3) is 4.88. The predicted octanol–water partition coefficient (Wildman–Crippen LogP) is 3.43. The van der Waals surface area contributed by atoms with E-state index >= 15 is 0 Å². The first-order chi connectivity index (χ1) is 12.2. The van der Waals surface area contributed by atoms with Crippen molar-refractivity contribution in [3.63, 3.8) is 0 Å². The summed E-state index contributed by atoms with van der Waals surface area (Å²) >= 11 is 0. The minimum atomic E-state index is -4.53. The van der Waals surface area contributed by atoms with Gasteiger partial charge >= 0.3 is 12.1 Å². The zero-order valence-corrected chi connectivity index (χ0v) is 13.5. The fraction of sp³-hybridized carbons (Fsp3) is 0.176. The molecule has 0 saturated carbocycles. The number of hydrogen-bond donors (Lipinski definition) is 2. The van der Waals surface area contributed by atoms with Gasteiger partial charge in [-0.2, -0.15) is 13.2 Å². The molecule has 0 heterocycles. The molecule has 0 aliphatic rings. The number of nitrogens with one attached hydrogen (secondary N) is 1. The third-order valence-electron chi connectivity index (χ3n) is 3.25. The second-order valence-electron chi connectivity index (χ2n) is 5.08. The van der Waals surface area contributed by atoms with Gasteiger partial charge in [-0.1, -0.05) is 6.07 Å². The lowest BCUT2D eigenvalue weighted by molar-refractivity contribution is -0.137. The standard InChI is InChI=1S/C17H14F3NO5/c1-25-12-5-6-13(16(23)24)14(8-12)26-9-15(22)21-11-4-2-3-10(7-11)17(18,19)20/h2-8H,9H2,1H3,(H,21,22)(H,23,24). The van der Waals surface area contributed by atoms with Gasteiger partial charge in [0.15, 0.2) is 6.61 Å². The van der Waals surface area contributed by atoms with Crippen LogP contribution in [0.4, 0.5) is 18.9 Å². The lowest BCUT2D eigenvalue weighted by atomic mass is 10.2. The van der Waals surface area contributed by atoms with E-state index in [-0.39, 0.29) is 17.0 Å². The molecule has 1 amide bonds. The molecule has 2 aromatic carbocycles. The SMILES string of the molecule is COc1ccc(C(=O)O)c(OCC(=O)Nc2cccc(C(F)(F)F)c2)c1. The molecule has 0 radical (unpaired) electrons. The highest BCUT2D eigenvalue weighted by Gasteiger charge is 2.30. The lowest BCUT2D eigenvalue weighted by Crippen LogP contribution is -2.21. The molecule has 9 heteroatoms. The molecule has 2 N–H and O–H groups in total. The van der Waals surface area contributed by atoms with Gasteiger partial charge in [0.25, 0.3) is 5.91 Å². The molecule has 0 aromatic heterocycles. The molecule has 138 valence electrons. The van der Waals surface area contributed by atoms with Crippen LogP contribution in [0.1, 0.15) is 15.9 Å². The molecule has 0 saturated heterocycles. The Hall–Kier alpha value is -3.23. The summed E-state index contributed by atoms with van der Waals surface area (Å²) in [6.07, 6.45) is -4.53. The van der Waals surface area contributed by atoms with Crippen molar-refractivity contribution in [1.82, 2.24) is 0 Å². The largest absolute Gasteiger partial charge is 0.497 e. The van der Waals surface area contributed by atoms with Crippen LogP contribution in [-0.2, 0) is 11.0 Å². The Morgan fingerprint density at radius 2 is 1.88 bits per heavy atom. The fourth-order valence-corrected chi connectivity index (χ4v) is 2.04. The van der Waals surface area contributed by atoms with Gasteiger partial charge in [0.1, 0.15) is 17.1 Å². The van der Waals surface area contributed by atoms with Crippen LogP contribution >= 0.6 is 0 Å². The van der Waals surface area contributed by atoms with E-state index < -0.39 is 30.2 Å². The Kier molecular flexibility index (Phi) is 5.71. The fourth-order valence-electron chi connectivity index (χ4n) is 2.04.